The highest BCUT2D eigenvalue weighted by atomic mass is 35.5. The molecule has 1 aliphatic carbocycles. The Kier molecular flexibility index (Phi) is 4.17. The number of hydrogen-bond acceptors (Lipinski definition) is 4. The maximum atomic E-state index is 12.0. The van der Waals surface area contributed by atoms with E-state index in [9.17, 15) is 9.59 Å². The molecule has 1 saturated carbocycles. The molecule has 2 fully saturated rings. The Morgan fingerprint density at radius 1 is 1.43 bits per heavy atom. The molecular formula is C14H14ClN3O2S. The van der Waals surface area contributed by atoms with Gasteiger partial charge in [-0.05, 0) is 25.0 Å². The maximum absolute atomic E-state index is 12.0. The first-order valence-corrected chi connectivity index (χ1v) is 7.97. The Labute approximate surface area is 131 Å². The van der Waals surface area contributed by atoms with E-state index >= 15 is 0 Å². The molecule has 2 amide bonds. The van der Waals surface area contributed by atoms with Crippen LogP contribution in [0, 0.1) is 0 Å². The molecule has 1 aromatic rings. The summed E-state index contributed by atoms with van der Waals surface area (Å²) >= 11 is 7.31. The number of carbonyl (C=O) groups is 2. The van der Waals surface area contributed by atoms with Crippen molar-refractivity contribution in [2.75, 3.05) is 5.32 Å². The van der Waals surface area contributed by atoms with Gasteiger partial charge in [-0.25, -0.2) is 0 Å². The van der Waals surface area contributed by atoms with Crippen molar-refractivity contribution >= 4 is 46.0 Å². The summed E-state index contributed by atoms with van der Waals surface area (Å²) in [4.78, 5) is 28.2. The molecule has 1 unspecified atom stereocenters. The Bertz CT molecular complexity index is 616. The summed E-state index contributed by atoms with van der Waals surface area (Å²) in [5.74, 6) is -0.392. The summed E-state index contributed by atoms with van der Waals surface area (Å²) in [6.45, 7) is 0. The zero-order valence-electron chi connectivity index (χ0n) is 11.1. The van der Waals surface area contributed by atoms with Crippen LogP contribution in [0.1, 0.15) is 19.3 Å². The van der Waals surface area contributed by atoms with Crippen LogP contribution >= 0.6 is 23.4 Å². The molecule has 2 aliphatic rings. The minimum atomic E-state index is -0.426. The molecule has 110 valence electrons. The lowest BCUT2D eigenvalue weighted by Gasteiger charge is -2.08. The fourth-order valence-corrected chi connectivity index (χ4v) is 3.12. The molecule has 7 heteroatoms. The van der Waals surface area contributed by atoms with Crippen LogP contribution in [0.4, 0.5) is 5.69 Å². The summed E-state index contributed by atoms with van der Waals surface area (Å²) in [6.07, 6.45) is 2.26. The van der Waals surface area contributed by atoms with E-state index in [1.807, 2.05) is 0 Å². The van der Waals surface area contributed by atoms with Crippen LogP contribution < -0.4 is 10.6 Å². The number of aliphatic imine (C=N–C) groups is 1. The van der Waals surface area contributed by atoms with E-state index in [-0.39, 0.29) is 18.2 Å². The van der Waals surface area contributed by atoms with Gasteiger partial charge in [0.15, 0.2) is 5.17 Å². The summed E-state index contributed by atoms with van der Waals surface area (Å²) in [6, 6.07) is 7.36. The van der Waals surface area contributed by atoms with Crippen molar-refractivity contribution in [3.63, 3.8) is 0 Å². The number of nitrogens with one attached hydrogen (secondary N) is 2. The summed E-state index contributed by atoms with van der Waals surface area (Å²) in [5, 5.41) is 6.13. The van der Waals surface area contributed by atoms with Gasteiger partial charge < -0.3 is 10.6 Å². The van der Waals surface area contributed by atoms with Gasteiger partial charge in [0.25, 0.3) is 0 Å². The quantitative estimate of drug-likeness (QED) is 0.894. The minimum Gasteiger partial charge on any atom is -0.325 e. The third-order valence-corrected chi connectivity index (χ3v) is 4.57. The van der Waals surface area contributed by atoms with Crippen LogP contribution in [-0.4, -0.2) is 28.3 Å². The Balaban J connectivity index is 1.57. The van der Waals surface area contributed by atoms with Crippen molar-refractivity contribution in [3.05, 3.63) is 29.3 Å². The van der Waals surface area contributed by atoms with Gasteiger partial charge in [0.2, 0.25) is 11.8 Å². The number of halogens is 1. The van der Waals surface area contributed by atoms with Gasteiger partial charge in [-0.15, -0.1) is 0 Å². The molecule has 1 saturated heterocycles. The summed E-state index contributed by atoms with van der Waals surface area (Å²) < 4.78 is 0. The minimum absolute atomic E-state index is 0.103. The number of hydrogen-bond donors (Lipinski definition) is 2. The Morgan fingerprint density at radius 2 is 2.19 bits per heavy atom. The predicted octanol–water partition coefficient (Wildman–Crippen LogP) is 2.42. The zero-order valence-corrected chi connectivity index (χ0v) is 12.7. The molecule has 0 radical (unpaired) electrons. The maximum Gasteiger partial charge on any atom is 0.240 e. The van der Waals surface area contributed by atoms with Crippen LogP contribution in [0.5, 0.6) is 0 Å². The third-order valence-electron chi connectivity index (χ3n) is 3.14. The fraction of sp³-hybridized carbons (Fsp3) is 0.357. The van der Waals surface area contributed by atoms with E-state index in [1.54, 1.807) is 24.3 Å². The number of amidine groups is 1. The number of rotatable bonds is 4. The second kappa shape index (κ2) is 6.07. The highest BCUT2D eigenvalue weighted by Crippen LogP contribution is 2.29. The monoisotopic (exact) mass is 323 g/mol. The van der Waals surface area contributed by atoms with Crippen LogP contribution in [0.15, 0.2) is 29.3 Å². The lowest BCUT2D eigenvalue weighted by Crippen LogP contribution is -2.28. The normalized spacial score (nSPS) is 23.2. The topological polar surface area (TPSA) is 70.6 Å². The van der Waals surface area contributed by atoms with E-state index in [0.717, 1.165) is 12.8 Å². The lowest BCUT2D eigenvalue weighted by molar-refractivity contribution is -0.122. The number of para-hydroxylation sites is 1. The lowest BCUT2D eigenvalue weighted by atomic mass is 10.2. The average Bonchev–Trinajstić information content (AvgIpc) is 3.18. The van der Waals surface area contributed by atoms with E-state index in [2.05, 4.69) is 15.6 Å². The smallest absolute Gasteiger partial charge is 0.240 e. The SMILES string of the molecule is O=C(CC1SC(=NC2CC2)NC1=O)Nc1ccccc1Cl. The van der Waals surface area contributed by atoms with Crippen molar-refractivity contribution in [2.24, 2.45) is 4.99 Å². The van der Waals surface area contributed by atoms with Gasteiger partial charge in [-0.1, -0.05) is 35.5 Å². The first-order valence-electron chi connectivity index (χ1n) is 6.71. The van der Waals surface area contributed by atoms with Crippen molar-refractivity contribution in [2.45, 2.75) is 30.6 Å². The van der Waals surface area contributed by atoms with Crippen LogP contribution in [-0.2, 0) is 9.59 Å². The molecule has 5 nitrogen and oxygen atoms in total. The molecule has 1 atom stereocenters. The molecule has 3 rings (SSSR count). The first-order chi connectivity index (χ1) is 10.1. The van der Waals surface area contributed by atoms with Gasteiger partial charge in [0.1, 0.15) is 5.25 Å². The molecule has 0 aromatic heterocycles. The number of anilines is 1. The highest BCUT2D eigenvalue weighted by molar-refractivity contribution is 8.15. The van der Waals surface area contributed by atoms with Gasteiger partial charge in [0, 0.05) is 6.42 Å². The molecule has 1 aromatic carbocycles. The third kappa shape index (κ3) is 3.77. The molecule has 1 aliphatic heterocycles. The molecule has 21 heavy (non-hydrogen) atoms. The van der Waals surface area contributed by atoms with Crippen LogP contribution in [0.2, 0.25) is 5.02 Å². The van der Waals surface area contributed by atoms with Gasteiger partial charge >= 0.3 is 0 Å². The van der Waals surface area contributed by atoms with E-state index in [4.69, 9.17) is 11.6 Å². The molecular weight excluding hydrogens is 310 g/mol. The Hall–Kier alpha value is -1.53. The summed E-state index contributed by atoms with van der Waals surface area (Å²) in [5.41, 5.74) is 0.555. The standard InChI is InChI=1S/C14H14ClN3O2S/c15-9-3-1-2-4-10(9)17-12(19)7-11-13(20)18-14(21-11)16-8-5-6-8/h1-4,8,11H,5-7H2,(H,17,19)(H,16,18,20). The Morgan fingerprint density at radius 3 is 2.90 bits per heavy atom. The largest absolute Gasteiger partial charge is 0.325 e. The average molecular weight is 324 g/mol. The fourth-order valence-electron chi connectivity index (χ4n) is 1.90. The predicted molar refractivity (Wildman–Crippen MR) is 84.7 cm³/mol. The summed E-state index contributed by atoms with van der Waals surface area (Å²) in [7, 11) is 0. The van der Waals surface area contributed by atoms with Gasteiger partial charge in [-0.3, -0.25) is 14.6 Å². The molecule has 0 spiro atoms. The van der Waals surface area contributed by atoms with E-state index in [0.29, 0.717) is 21.9 Å². The second-order valence-electron chi connectivity index (χ2n) is 4.99. The second-order valence-corrected chi connectivity index (χ2v) is 6.59. The van der Waals surface area contributed by atoms with Crippen LogP contribution in [0.3, 0.4) is 0 Å². The number of carbonyl (C=O) groups excluding carboxylic acids is 2. The van der Waals surface area contributed by atoms with Crippen molar-refractivity contribution in [1.82, 2.24) is 5.32 Å². The molecule has 1 heterocycles. The number of amides is 2. The number of benzene rings is 1. The van der Waals surface area contributed by atoms with Crippen molar-refractivity contribution < 1.29 is 9.59 Å². The van der Waals surface area contributed by atoms with E-state index < -0.39 is 5.25 Å². The zero-order chi connectivity index (χ0) is 14.8. The van der Waals surface area contributed by atoms with Gasteiger partial charge in [-0.2, -0.15) is 0 Å². The van der Waals surface area contributed by atoms with Crippen molar-refractivity contribution in [3.8, 4) is 0 Å². The molecule has 0 bridgehead atoms. The molecule has 2 N–H and O–H groups in total. The first kappa shape index (κ1) is 14.4. The number of nitrogens with zero attached hydrogens (tertiary/aromatic N) is 1. The van der Waals surface area contributed by atoms with Gasteiger partial charge in [0.05, 0.1) is 16.8 Å². The highest BCUT2D eigenvalue weighted by Gasteiger charge is 2.33. The number of thioether (sulfide) groups is 1. The van der Waals surface area contributed by atoms with E-state index in [1.165, 1.54) is 11.8 Å². The van der Waals surface area contributed by atoms with Crippen LogP contribution in [0.25, 0.3) is 0 Å². The van der Waals surface area contributed by atoms with Crippen molar-refractivity contribution in [1.29, 1.82) is 0 Å².